The summed E-state index contributed by atoms with van der Waals surface area (Å²) in [5.41, 5.74) is 2.69. The SMILES string of the molecule is CCCNC1(CO)CCC(Sc2ccc(C)c(C)c2)C1. The highest BCUT2D eigenvalue weighted by molar-refractivity contribution is 8.00. The third-order valence-electron chi connectivity index (χ3n) is 4.40. The summed E-state index contributed by atoms with van der Waals surface area (Å²) >= 11 is 1.97. The van der Waals surface area contributed by atoms with Gasteiger partial charge in [0.1, 0.15) is 0 Å². The van der Waals surface area contributed by atoms with Gasteiger partial charge in [-0.1, -0.05) is 13.0 Å². The monoisotopic (exact) mass is 293 g/mol. The van der Waals surface area contributed by atoms with E-state index in [9.17, 15) is 5.11 Å². The van der Waals surface area contributed by atoms with Gasteiger partial charge in [-0.15, -0.1) is 11.8 Å². The van der Waals surface area contributed by atoms with Crippen molar-refractivity contribution in [1.82, 2.24) is 5.32 Å². The van der Waals surface area contributed by atoms with Gasteiger partial charge in [0.25, 0.3) is 0 Å². The van der Waals surface area contributed by atoms with Crippen molar-refractivity contribution in [3.8, 4) is 0 Å². The summed E-state index contributed by atoms with van der Waals surface area (Å²) in [4.78, 5) is 1.36. The number of aliphatic hydroxyl groups excluding tert-OH is 1. The van der Waals surface area contributed by atoms with Crippen LogP contribution in [0.3, 0.4) is 0 Å². The van der Waals surface area contributed by atoms with Gasteiger partial charge in [-0.3, -0.25) is 0 Å². The molecule has 1 aliphatic carbocycles. The van der Waals surface area contributed by atoms with Gasteiger partial charge in [0, 0.05) is 15.7 Å². The zero-order chi connectivity index (χ0) is 14.6. The highest BCUT2D eigenvalue weighted by atomic mass is 32.2. The average molecular weight is 293 g/mol. The first-order chi connectivity index (χ1) is 9.58. The summed E-state index contributed by atoms with van der Waals surface area (Å²) in [7, 11) is 0. The van der Waals surface area contributed by atoms with Crippen molar-refractivity contribution in [2.45, 2.75) is 62.1 Å². The quantitative estimate of drug-likeness (QED) is 0.839. The van der Waals surface area contributed by atoms with E-state index in [1.54, 1.807) is 0 Å². The normalized spacial score (nSPS) is 26.1. The van der Waals surface area contributed by atoms with Crippen molar-refractivity contribution in [1.29, 1.82) is 0 Å². The molecule has 2 atom stereocenters. The van der Waals surface area contributed by atoms with E-state index in [1.165, 1.54) is 22.4 Å². The predicted molar refractivity (Wildman–Crippen MR) is 87.5 cm³/mol. The summed E-state index contributed by atoms with van der Waals surface area (Å²) in [6.07, 6.45) is 4.47. The van der Waals surface area contributed by atoms with Crippen molar-refractivity contribution in [3.05, 3.63) is 29.3 Å². The largest absolute Gasteiger partial charge is 0.394 e. The highest BCUT2D eigenvalue weighted by Crippen LogP contribution is 2.40. The Morgan fingerprint density at radius 2 is 2.15 bits per heavy atom. The fourth-order valence-electron chi connectivity index (χ4n) is 2.91. The van der Waals surface area contributed by atoms with E-state index in [2.05, 4.69) is 44.3 Å². The molecule has 1 aliphatic rings. The Labute approximate surface area is 127 Å². The number of hydrogen-bond acceptors (Lipinski definition) is 3. The van der Waals surface area contributed by atoms with Gasteiger partial charge < -0.3 is 10.4 Å². The first-order valence-corrected chi connectivity index (χ1v) is 8.56. The minimum atomic E-state index is -0.0343. The molecule has 0 saturated heterocycles. The Hall–Kier alpha value is -0.510. The van der Waals surface area contributed by atoms with Crippen LogP contribution in [0, 0.1) is 13.8 Å². The molecule has 3 heteroatoms. The van der Waals surface area contributed by atoms with Gasteiger partial charge in [-0.25, -0.2) is 0 Å². The van der Waals surface area contributed by atoms with Crippen LogP contribution in [-0.4, -0.2) is 29.0 Å². The molecule has 0 aliphatic heterocycles. The first-order valence-electron chi connectivity index (χ1n) is 7.68. The molecule has 2 rings (SSSR count). The van der Waals surface area contributed by atoms with Crippen molar-refractivity contribution >= 4 is 11.8 Å². The average Bonchev–Trinajstić information content (AvgIpc) is 2.85. The molecular weight excluding hydrogens is 266 g/mol. The molecule has 1 fully saturated rings. The van der Waals surface area contributed by atoms with E-state index in [-0.39, 0.29) is 12.1 Å². The third kappa shape index (κ3) is 3.78. The van der Waals surface area contributed by atoms with Crippen LogP contribution < -0.4 is 5.32 Å². The standard InChI is InChI=1S/C17H27NOS/c1-4-9-18-17(12-19)8-7-16(11-17)20-15-6-5-13(2)14(3)10-15/h5-6,10,16,18-19H,4,7-9,11-12H2,1-3H3. The first kappa shape index (κ1) is 15.9. The van der Waals surface area contributed by atoms with Gasteiger partial charge >= 0.3 is 0 Å². The fraction of sp³-hybridized carbons (Fsp3) is 0.647. The number of nitrogens with one attached hydrogen (secondary N) is 1. The zero-order valence-electron chi connectivity index (χ0n) is 12.9. The molecule has 0 radical (unpaired) electrons. The van der Waals surface area contributed by atoms with Crippen molar-refractivity contribution in [2.24, 2.45) is 0 Å². The lowest BCUT2D eigenvalue weighted by atomic mass is 9.99. The minimum absolute atomic E-state index is 0.0343. The topological polar surface area (TPSA) is 32.3 Å². The smallest absolute Gasteiger partial charge is 0.0613 e. The van der Waals surface area contributed by atoms with Gasteiger partial charge in [0.05, 0.1) is 6.61 Å². The second kappa shape index (κ2) is 6.97. The van der Waals surface area contributed by atoms with Gasteiger partial charge in [-0.2, -0.15) is 0 Å². The van der Waals surface area contributed by atoms with Crippen LogP contribution >= 0.6 is 11.8 Å². The zero-order valence-corrected chi connectivity index (χ0v) is 13.7. The van der Waals surface area contributed by atoms with Crippen LogP contribution in [-0.2, 0) is 0 Å². The molecule has 1 aromatic rings. The molecule has 112 valence electrons. The number of aliphatic hydroxyl groups is 1. The summed E-state index contributed by atoms with van der Waals surface area (Å²) in [5, 5.41) is 13.9. The molecule has 2 N–H and O–H groups in total. The van der Waals surface area contributed by atoms with Crippen LogP contribution in [0.2, 0.25) is 0 Å². The molecule has 2 unspecified atom stereocenters. The molecule has 0 amide bonds. The summed E-state index contributed by atoms with van der Waals surface area (Å²) < 4.78 is 0. The molecular formula is C17H27NOS. The number of thioether (sulfide) groups is 1. The Bertz CT molecular complexity index is 449. The Balaban J connectivity index is 1.96. The molecule has 2 nitrogen and oxygen atoms in total. The number of hydrogen-bond donors (Lipinski definition) is 2. The summed E-state index contributed by atoms with van der Waals surface area (Å²) in [6.45, 7) is 7.77. The Morgan fingerprint density at radius 1 is 1.35 bits per heavy atom. The summed E-state index contributed by atoms with van der Waals surface area (Å²) in [5.74, 6) is 0. The molecule has 1 saturated carbocycles. The highest BCUT2D eigenvalue weighted by Gasteiger charge is 2.38. The maximum absolute atomic E-state index is 9.74. The molecule has 0 aromatic heterocycles. The van der Waals surface area contributed by atoms with Crippen LogP contribution in [0.5, 0.6) is 0 Å². The maximum Gasteiger partial charge on any atom is 0.0613 e. The van der Waals surface area contributed by atoms with E-state index < -0.39 is 0 Å². The van der Waals surface area contributed by atoms with Crippen molar-refractivity contribution < 1.29 is 5.11 Å². The van der Waals surface area contributed by atoms with Crippen LogP contribution in [0.4, 0.5) is 0 Å². The molecule has 20 heavy (non-hydrogen) atoms. The van der Waals surface area contributed by atoms with E-state index in [0.717, 1.165) is 25.8 Å². The second-order valence-electron chi connectivity index (χ2n) is 6.09. The van der Waals surface area contributed by atoms with E-state index in [1.807, 2.05) is 11.8 Å². The van der Waals surface area contributed by atoms with Crippen LogP contribution in [0.15, 0.2) is 23.1 Å². The van der Waals surface area contributed by atoms with E-state index >= 15 is 0 Å². The molecule has 0 heterocycles. The van der Waals surface area contributed by atoms with Crippen LogP contribution in [0.25, 0.3) is 0 Å². The Morgan fingerprint density at radius 3 is 2.80 bits per heavy atom. The van der Waals surface area contributed by atoms with Crippen molar-refractivity contribution in [2.75, 3.05) is 13.2 Å². The van der Waals surface area contributed by atoms with E-state index in [0.29, 0.717) is 5.25 Å². The Kier molecular flexibility index (Phi) is 5.53. The van der Waals surface area contributed by atoms with Gasteiger partial charge in [-0.05, 0) is 69.3 Å². The van der Waals surface area contributed by atoms with Crippen LogP contribution in [0.1, 0.15) is 43.7 Å². The second-order valence-corrected chi connectivity index (χ2v) is 7.47. The molecule has 0 spiro atoms. The third-order valence-corrected chi connectivity index (χ3v) is 5.66. The lowest BCUT2D eigenvalue weighted by Crippen LogP contribution is -2.46. The molecule has 0 bridgehead atoms. The van der Waals surface area contributed by atoms with E-state index in [4.69, 9.17) is 0 Å². The number of aryl methyl sites for hydroxylation is 2. The van der Waals surface area contributed by atoms with Gasteiger partial charge in [0.15, 0.2) is 0 Å². The lowest BCUT2D eigenvalue weighted by molar-refractivity contribution is 0.165. The van der Waals surface area contributed by atoms with Gasteiger partial charge in [0.2, 0.25) is 0 Å². The number of rotatable bonds is 6. The maximum atomic E-state index is 9.74. The van der Waals surface area contributed by atoms with Crippen molar-refractivity contribution in [3.63, 3.8) is 0 Å². The predicted octanol–water partition coefficient (Wildman–Crippen LogP) is 3.68. The minimum Gasteiger partial charge on any atom is -0.394 e. The fourth-order valence-corrected chi connectivity index (χ4v) is 4.32. The lowest BCUT2D eigenvalue weighted by Gasteiger charge is -2.28. The summed E-state index contributed by atoms with van der Waals surface area (Å²) in [6, 6.07) is 6.73. The molecule has 1 aromatic carbocycles. The number of benzene rings is 1.